The van der Waals surface area contributed by atoms with Crippen LogP contribution in [0.5, 0.6) is 0 Å². The van der Waals surface area contributed by atoms with E-state index in [0.29, 0.717) is 5.92 Å². The minimum atomic E-state index is 0.457. The first-order valence-electron chi connectivity index (χ1n) is 7.57. The average Bonchev–Trinajstić information content (AvgIpc) is 2.99. The molecule has 0 amide bonds. The molecule has 0 saturated carbocycles. The maximum absolute atomic E-state index is 5.96. The first-order chi connectivity index (χ1) is 10.4. The lowest BCUT2D eigenvalue weighted by molar-refractivity contribution is 0.385. The van der Waals surface area contributed by atoms with Gasteiger partial charge in [-0.3, -0.25) is 0 Å². The van der Waals surface area contributed by atoms with E-state index in [1.165, 1.54) is 11.1 Å². The van der Waals surface area contributed by atoms with Crippen molar-refractivity contribution in [3.8, 4) is 11.1 Å². The van der Waals surface area contributed by atoms with Crippen LogP contribution in [0.25, 0.3) is 22.2 Å². The van der Waals surface area contributed by atoms with Gasteiger partial charge in [-0.1, -0.05) is 36.4 Å². The van der Waals surface area contributed by atoms with Crippen molar-refractivity contribution in [2.75, 3.05) is 13.1 Å². The van der Waals surface area contributed by atoms with Crippen LogP contribution in [0.4, 0.5) is 0 Å². The fraction of sp³-hybridized carbons (Fsp3) is 0.278. The van der Waals surface area contributed by atoms with Crippen molar-refractivity contribution in [1.82, 2.24) is 10.3 Å². The molecule has 3 aromatic rings. The summed E-state index contributed by atoms with van der Waals surface area (Å²) in [6.07, 6.45) is 2.22. The second-order valence-electron chi connectivity index (χ2n) is 5.62. The van der Waals surface area contributed by atoms with Crippen LogP contribution < -0.4 is 5.32 Å². The third-order valence-electron chi connectivity index (χ3n) is 4.20. The van der Waals surface area contributed by atoms with E-state index in [4.69, 9.17) is 9.40 Å². The van der Waals surface area contributed by atoms with Crippen molar-refractivity contribution in [1.29, 1.82) is 0 Å². The summed E-state index contributed by atoms with van der Waals surface area (Å²) in [4.78, 5) is 4.73. The summed E-state index contributed by atoms with van der Waals surface area (Å²) in [5.41, 5.74) is 4.26. The standard InChI is InChI=1S/C18H18N2O/c1-2-4-13(5-3-1)15-6-7-17-16(12-15)20-18(21-17)14-8-10-19-11-9-14/h1-7,12,14,19H,8-11H2. The Bertz CT molecular complexity index is 742. The Morgan fingerprint density at radius 1 is 0.952 bits per heavy atom. The smallest absolute Gasteiger partial charge is 0.198 e. The summed E-state index contributed by atoms with van der Waals surface area (Å²) >= 11 is 0. The third kappa shape index (κ3) is 2.45. The molecule has 4 rings (SSSR count). The van der Waals surface area contributed by atoms with E-state index in [1.54, 1.807) is 0 Å². The van der Waals surface area contributed by atoms with E-state index >= 15 is 0 Å². The number of aromatic nitrogens is 1. The molecule has 0 radical (unpaired) electrons. The zero-order chi connectivity index (χ0) is 14.1. The second-order valence-corrected chi connectivity index (χ2v) is 5.62. The Morgan fingerprint density at radius 3 is 2.57 bits per heavy atom. The molecular weight excluding hydrogens is 260 g/mol. The molecular formula is C18H18N2O. The van der Waals surface area contributed by atoms with E-state index in [0.717, 1.165) is 42.9 Å². The van der Waals surface area contributed by atoms with Crippen LogP contribution in [0.1, 0.15) is 24.7 Å². The monoisotopic (exact) mass is 278 g/mol. The predicted octanol–water partition coefficient (Wildman–Crippen LogP) is 3.96. The lowest BCUT2D eigenvalue weighted by atomic mass is 9.98. The quantitative estimate of drug-likeness (QED) is 0.771. The summed E-state index contributed by atoms with van der Waals surface area (Å²) < 4.78 is 5.96. The minimum absolute atomic E-state index is 0.457. The number of rotatable bonds is 2. The van der Waals surface area contributed by atoms with Crippen molar-refractivity contribution in [3.05, 3.63) is 54.4 Å². The van der Waals surface area contributed by atoms with Crippen molar-refractivity contribution < 1.29 is 4.42 Å². The Hall–Kier alpha value is -2.13. The molecule has 3 nitrogen and oxygen atoms in total. The molecule has 2 aromatic carbocycles. The van der Waals surface area contributed by atoms with Crippen molar-refractivity contribution in [2.24, 2.45) is 0 Å². The Balaban J connectivity index is 1.71. The number of nitrogens with one attached hydrogen (secondary N) is 1. The van der Waals surface area contributed by atoms with E-state index in [2.05, 4.69) is 41.7 Å². The van der Waals surface area contributed by atoms with Gasteiger partial charge < -0.3 is 9.73 Å². The van der Waals surface area contributed by atoms with Gasteiger partial charge in [0, 0.05) is 5.92 Å². The zero-order valence-corrected chi connectivity index (χ0v) is 11.9. The highest BCUT2D eigenvalue weighted by atomic mass is 16.3. The maximum Gasteiger partial charge on any atom is 0.198 e. The highest BCUT2D eigenvalue weighted by Gasteiger charge is 2.20. The number of nitrogens with zero attached hydrogens (tertiary/aromatic N) is 1. The number of benzene rings is 2. The van der Waals surface area contributed by atoms with Gasteiger partial charge in [-0.15, -0.1) is 0 Å². The first-order valence-corrected chi connectivity index (χ1v) is 7.57. The number of hydrogen-bond donors (Lipinski definition) is 1. The fourth-order valence-corrected chi connectivity index (χ4v) is 3.00. The fourth-order valence-electron chi connectivity index (χ4n) is 3.00. The second kappa shape index (κ2) is 5.34. The molecule has 21 heavy (non-hydrogen) atoms. The molecule has 3 heteroatoms. The molecule has 0 unspecified atom stereocenters. The van der Waals surface area contributed by atoms with Crippen molar-refractivity contribution in [2.45, 2.75) is 18.8 Å². The van der Waals surface area contributed by atoms with Gasteiger partial charge in [0.05, 0.1) is 0 Å². The van der Waals surface area contributed by atoms with Crippen molar-refractivity contribution >= 4 is 11.1 Å². The molecule has 0 bridgehead atoms. The van der Waals surface area contributed by atoms with Gasteiger partial charge in [0.2, 0.25) is 0 Å². The number of oxazole rings is 1. The van der Waals surface area contributed by atoms with Crippen LogP contribution in [0.3, 0.4) is 0 Å². The molecule has 1 saturated heterocycles. The van der Waals surface area contributed by atoms with E-state index in [1.807, 2.05) is 12.1 Å². The first kappa shape index (κ1) is 12.6. The molecule has 1 aliphatic heterocycles. The van der Waals surface area contributed by atoms with Gasteiger partial charge >= 0.3 is 0 Å². The summed E-state index contributed by atoms with van der Waals surface area (Å²) in [7, 11) is 0. The molecule has 1 aromatic heterocycles. The van der Waals surface area contributed by atoms with Crippen LogP contribution in [0, 0.1) is 0 Å². The SMILES string of the molecule is c1ccc(-c2ccc3oc(C4CCNCC4)nc3c2)cc1. The molecule has 0 spiro atoms. The molecule has 1 fully saturated rings. The van der Waals surface area contributed by atoms with E-state index in [9.17, 15) is 0 Å². The molecule has 2 heterocycles. The maximum atomic E-state index is 5.96. The zero-order valence-electron chi connectivity index (χ0n) is 11.9. The van der Waals surface area contributed by atoms with Gasteiger partial charge in [0.25, 0.3) is 0 Å². The molecule has 106 valence electrons. The molecule has 1 N–H and O–H groups in total. The largest absolute Gasteiger partial charge is 0.440 e. The minimum Gasteiger partial charge on any atom is -0.440 e. The average molecular weight is 278 g/mol. The normalized spacial score (nSPS) is 16.4. The van der Waals surface area contributed by atoms with Crippen LogP contribution in [0.15, 0.2) is 52.9 Å². The van der Waals surface area contributed by atoms with E-state index in [-0.39, 0.29) is 0 Å². The number of hydrogen-bond acceptors (Lipinski definition) is 3. The summed E-state index contributed by atoms with van der Waals surface area (Å²) in [5.74, 6) is 1.36. The predicted molar refractivity (Wildman–Crippen MR) is 84.3 cm³/mol. The topological polar surface area (TPSA) is 38.1 Å². The van der Waals surface area contributed by atoms with Crippen LogP contribution in [-0.4, -0.2) is 18.1 Å². The van der Waals surface area contributed by atoms with Crippen LogP contribution in [-0.2, 0) is 0 Å². The summed E-state index contributed by atoms with van der Waals surface area (Å²) in [6.45, 7) is 2.11. The highest BCUT2D eigenvalue weighted by molar-refractivity contribution is 5.80. The molecule has 0 aliphatic carbocycles. The lowest BCUT2D eigenvalue weighted by Gasteiger charge is -2.19. The Morgan fingerprint density at radius 2 is 1.76 bits per heavy atom. The Kier molecular flexibility index (Phi) is 3.20. The van der Waals surface area contributed by atoms with Gasteiger partial charge in [-0.05, 0) is 49.2 Å². The summed E-state index contributed by atoms with van der Waals surface area (Å²) in [6, 6.07) is 16.7. The number of fused-ring (bicyclic) bond motifs is 1. The third-order valence-corrected chi connectivity index (χ3v) is 4.20. The van der Waals surface area contributed by atoms with Crippen LogP contribution in [0.2, 0.25) is 0 Å². The lowest BCUT2D eigenvalue weighted by Crippen LogP contribution is -2.26. The van der Waals surface area contributed by atoms with Gasteiger partial charge in [-0.2, -0.15) is 0 Å². The van der Waals surface area contributed by atoms with E-state index < -0.39 is 0 Å². The summed E-state index contributed by atoms with van der Waals surface area (Å²) in [5, 5.41) is 3.38. The Labute approximate surface area is 124 Å². The molecule has 1 aliphatic rings. The van der Waals surface area contributed by atoms with Gasteiger partial charge in [-0.25, -0.2) is 4.98 Å². The highest BCUT2D eigenvalue weighted by Crippen LogP contribution is 2.30. The van der Waals surface area contributed by atoms with Crippen LogP contribution >= 0.6 is 0 Å². The molecule has 0 atom stereocenters. The number of piperidine rings is 1. The van der Waals surface area contributed by atoms with Gasteiger partial charge in [0.1, 0.15) is 5.52 Å². The van der Waals surface area contributed by atoms with Crippen molar-refractivity contribution in [3.63, 3.8) is 0 Å². The van der Waals surface area contributed by atoms with Gasteiger partial charge in [0.15, 0.2) is 11.5 Å².